The van der Waals surface area contributed by atoms with Crippen LogP contribution in [0.15, 0.2) is 36.4 Å². The van der Waals surface area contributed by atoms with Crippen molar-refractivity contribution in [2.45, 2.75) is 13.3 Å². The van der Waals surface area contributed by atoms with Gasteiger partial charge < -0.3 is 4.74 Å². The van der Waals surface area contributed by atoms with Gasteiger partial charge in [-0.25, -0.2) is 0 Å². The van der Waals surface area contributed by atoms with Crippen molar-refractivity contribution in [3.05, 3.63) is 42.0 Å². The fraction of sp³-hybridized carbons (Fsp3) is 0.214. The number of carbonyl (C=O) groups is 1. The molecule has 0 spiro atoms. The highest BCUT2D eigenvalue weighted by molar-refractivity contribution is 5.90. The average Bonchev–Trinajstić information content (AvgIpc) is 2.28. The molecule has 0 aliphatic heterocycles. The third kappa shape index (κ3) is 2.06. The molecular formula is C14H14O2. The number of hydrogen-bond acceptors (Lipinski definition) is 2. The van der Waals surface area contributed by atoms with Crippen molar-refractivity contribution in [1.29, 1.82) is 0 Å². The summed E-state index contributed by atoms with van der Waals surface area (Å²) in [5.41, 5.74) is 1.08. The zero-order chi connectivity index (χ0) is 11.5. The first-order valence-corrected chi connectivity index (χ1v) is 5.26. The normalized spacial score (nSPS) is 10.4. The third-order valence-corrected chi connectivity index (χ3v) is 2.62. The van der Waals surface area contributed by atoms with Gasteiger partial charge >= 0.3 is 0 Å². The Hall–Kier alpha value is -1.83. The van der Waals surface area contributed by atoms with E-state index in [0.29, 0.717) is 6.42 Å². The highest BCUT2D eigenvalue weighted by Crippen LogP contribution is 2.24. The Bertz CT molecular complexity index is 529. The Kier molecular flexibility index (Phi) is 2.91. The van der Waals surface area contributed by atoms with E-state index in [1.165, 1.54) is 0 Å². The molecule has 0 amide bonds. The number of rotatable bonds is 3. The minimum atomic E-state index is 0.184. The fourth-order valence-corrected chi connectivity index (χ4v) is 1.88. The molecule has 2 aromatic carbocycles. The van der Waals surface area contributed by atoms with E-state index in [1.54, 1.807) is 14.0 Å². The molecule has 0 saturated heterocycles. The monoisotopic (exact) mass is 214 g/mol. The summed E-state index contributed by atoms with van der Waals surface area (Å²) in [6, 6.07) is 11.9. The Morgan fingerprint density at radius 3 is 2.75 bits per heavy atom. The third-order valence-electron chi connectivity index (χ3n) is 2.62. The molecule has 2 heteroatoms. The molecule has 16 heavy (non-hydrogen) atoms. The molecule has 0 aliphatic rings. The summed E-state index contributed by atoms with van der Waals surface area (Å²) in [5.74, 6) is 1.02. The second kappa shape index (κ2) is 4.35. The van der Waals surface area contributed by atoms with Crippen LogP contribution in [0.2, 0.25) is 0 Å². The molecule has 0 aromatic heterocycles. The first kappa shape index (κ1) is 10.7. The van der Waals surface area contributed by atoms with Crippen LogP contribution in [0.1, 0.15) is 12.5 Å². The van der Waals surface area contributed by atoms with Gasteiger partial charge in [-0.05, 0) is 35.4 Å². The lowest BCUT2D eigenvalue weighted by Gasteiger charge is -2.06. The highest BCUT2D eigenvalue weighted by atomic mass is 16.5. The molecule has 0 fully saturated rings. The first-order valence-electron chi connectivity index (χ1n) is 5.26. The largest absolute Gasteiger partial charge is 0.497 e. The number of methoxy groups -OCH3 is 1. The molecule has 2 aromatic rings. The van der Waals surface area contributed by atoms with E-state index in [4.69, 9.17) is 4.74 Å². The van der Waals surface area contributed by atoms with E-state index in [-0.39, 0.29) is 5.78 Å². The fourth-order valence-electron chi connectivity index (χ4n) is 1.88. The van der Waals surface area contributed by atoms with Gasteiger partial charge in [0.25, 0.3) is 0 Å². The SMILES string of the molecule is COc1ccc2c(CC(C)=O)cccc2c1. The first-order chi connectivity index (χ1) is 7.70. The number of ketones is 1. The summed E-state index contributed by atoms with van der Waals surface area (Å²) >= 11 is 0. The van der Waals surface area contributed by atoms with Gasteiger partial charge in [0.1, 0.15) is 11.5 Å². The van der Waals surface area contributed by atoms with Crippen LogP contribution >= 0.6 is 0 Å². The molecule has 0 N–H and O–H groups in total. The van der Waals surface area contributed by atoms with Crippen LogP contribution in [0, 0.1) is 0 Å². The summed E-state index contributed by atoms with van der Waals surface area (Å²) in [6.07, 6.45) is 0.490. The highest BCUT2D eigenvalue weighted by Gasteiger charge is 2.04. The van der Waals surface area contributed by atoms with Crippen LogP contribution in [-0.2, 0) is 11.2 Å². The molecule has 0 unspecified atom stereocenters. The predicted molar refractivity (Wildman–Crippen MR) is 64.9 cm³/mol. The lowest BCUT2D eigenvalue weighted by Crippen LogP contribution is -1.97. The summed E-state index contributed by atoms with van der Waals surface area (Å²) in [6.45, 7) is 1.61. The molecule has 82 valence electrons. The van der Waals surface area contributed by atoms with Gasteiger partial charge in [-0.2, -0.15) is 0 Å². The van der Waals surface area contributed by atoms with Crippen LogP contribution < -0.4 is 4.74 Å². The van der Waals surface area contributed by atoms with Gasteiger partial charge in [-0.1, -0.05) is 24.3 Å². The number of carbonyl (C=O) groups excluding carboxylic acids is 1. The maximum atomic E-state index is 11.2. The molecule has 2 rings (SSSR count). The van der Waals surface area contributed by atoms with Crippen molar-refractivity contribution < 1.29 is 9.53 Å². The van der Waals surface area contributed by atoms with Gasteiger partial charge in [0.05, 0.1) is 7.11 Å². The van der Waals surface area contributed by atoms with Crippen molar-refractivity contribution in [1.82, 2.24) is 0 Å². The zero-order valence-corrected chi connectivity index (χ0v) is 9.49. The Morgan fingerprint density at radius 2 is 2.06 bits per heavy atom. The Balaban J connectivity index is 2.55. The standard InChI is InChI=1S/C14H14O2/c1-10(15)8-11-4-3-5-12-9-13(16-2)6-7-14(11)12/h3-7,9H,8H2,1-2H3. The molecule has 0 bridgehead atoms. The Labute approximate surface area is 94.8 Å². The maximum absolute atomic E-state index is 11.2. The summed E-state index contributed by atoms with van der Waals surface area (Å²) in [5, 5.41) is 2.23. The van der Waals surface area contributed by atoms with Crippen LogP contribution in [0.5, 0.6) is 5.75 Å². The van der Waals surface area contributed by atoms with E-state index in [2.05, 4.69) is 0 Å². The molecule has 0 saturated carbocycles. The van der Waals surface area contributed by atoms with Crippen LogP contribution in [0.4, 0.5) is 0 Å². The lowest BCUT2D eigenvalue weighted by atomic mass is 10.0. The van der Waals surface area contributed by atoms with E-state index in [1.807, 2.05) is 36.4 Å². The second-order valence-electron chi connectivity index (χ2n) is 3.88. The van der Waals surface area contributed by atoms with E-state index in [0.717, 1.165) is 22.1 Å². The maximum Gasteiger partial charge on any atom is 0.134 e. The second-order valence-corrected chi connectivity index (χ2v) is 3.88. The predicted octanol–water partition coefficient (Wildman–Crippen LogP) is 2.98. The van der Waals surface area contributed by atoms with Crippen molar-refractivity contribution in [3.8, 4) is 5.75 Å². The van der Waals surface area contributed by atoms with Crippen molar-refractivity contribution in [2.24, 2.45) is 0 Å². The van der Waals surface area contributed by atoms with Gasteiger partial charge in [-0.3, -0.25) is 4.79 Å². The van der Waals surface area contributed by atoms with Crippen LogP contribution in [0.3, 0.4) is 0 Å². The number of ether oxygens (including phenoxy) is 1. The van der Waals surface area contributed by atoms with Gasteiger partial charge in [-0.15, -0.1) is 0 Å². The van der Waals surface area contributed by atoms with Gasteiger partial charge in [0.2, 0.25) is 0 Å². The van der Waals surface area contributed by atoms with Crippen LogP contribution in [-0.4, -0.2) is 12.9 Å². The minimum absolute atomic E-state index is 0.184. The van der Waals surface area contributed by atoms with Crippen molar-refractivity contribution in [3.63, 3.8) is 0 Å². The van der Waals surface area contributed by atoms with Crippen molar-refractivity contribution in [2.75, 3.05) is 7.11 Å². The molecule has 0 radical (unpaired) electrons. The van der Waals surface area contributed by atoms with E-state index in [9.17, 15) is 4.79 Å². The van der Waals surface area contributed by atoms with Crippen LogP contribution in [0.25, 0.3) is 10.8 Å². The average molecular weight is 214 g/mol. The molecule has 0 heterocycles. The summed E-state index contributed by atoms with van der Waals surface area (Å²) < 4.78 is 5.18. The van der Waals surface area contributed by atoms with Gasteiger partial charge in [0, 0.05) is 6.42 Å². The topological polar surface area (TPSA) is 26.3 Å². The molecule has 0 atom stereocenters. The molecule has 0 aliphatic carbocycles. The molecular weight excluding hydrogens is 200 g/mol. The number of fused-ring (bicyclic) bond motifs is 1. The Morgan fingerprint density at radius 1 is 1.25 bits per heavy atom. The quantitative estimate of drug-likeness (QED) is 0.785. The number of Topliss-reactive ketones (excluding diaryl/α,β-unsaturated/α-hetero) is 1. The van der Waals surface area contributed by atoms with E-state index < -0.39 is 0 Å². The summed E-state index contributed by atoms with van der Waals surface area (Å²) in [4.78, 5) is 11.2. The number of hydrogen-bond donors (Lipinski definition) is 0. The number of benzene rings is 2. The smallest absolute Gasteiger partial charge is 0.134 e. The lowest BCUT2D eigenvalue weighted by molar-refractivity contribution is -0.116. The minimum Gasteiger partial charge on any atom is -0.497 e. The van der Waals surface area contributed by atoms with Gasteiger partial charge in [0.15, 0.2) is 0 Å². The zero-order valence-electron chi connectivity index (χ0n) is 9.49. The van der Waals surface area contributed by atoms with E-state index >= 15 is 0 Å². The van der Waals surface area contributed by atoms with Crippen molar-refractivity contribution >= 4 is 16.6 Å². The molecule has 2 nitrogen and oxygen atoms in total. The summed E-state index contributed by atoms with van der Waals surface area (Å²) in [7, 11) is 1.65.